The van der Waals surface area contributed by atoms with E-state index in [4.69, 9.17) is 17.0 Å². The van der Waals surface area contributed by atoms with Crippen LogP contribution >= 0.6 is 24.0 Å². The molecule has 0 spiro atoms. The zero-order chi connectivity index (χ0) is 26.0. The monoisotopic (exact) mass is 522 g/mol. The van der Waals surface area contributed by atoms with Gasteiger partial charge in [0.2, 0.25) is 0 Å². The van der Waals surface area contributed by atoms with Gasteiger partial charge in [0.05, 0.1) is 18.6 Å². The molecule has 2 fully saturated rings. The van der Waals surface area contributed by atoms with Gasteiger partial charge in [-0.2, -0.15) is 5.26 Å². The van der Waals surface area contributed by atoms with Crippen molar-refractivity contribution in [1.29, 1.82) is 5.26 Å². The Balaban J connectivity index is 1.77. The van der Waals surface area contributed by atoms with E-state index in [1.807, 2.05) is 37.3 Å². The summed E-state index contributed by atoms with van der Waals surface area (Å²) in [7, 11) is 1.61. The third-order valence-electron chi connectivity index (χ3n) is 6.77. The Morgan fingerprint density at radius 2 is 2.00 bits per heavy atom. The quantitative estimate of drug-likeness (QED) is 0.402. The number of nitrogens with zero attached hydrogens (tertiary/aromatic N) is 4. The first kappa shape index (κ1) is 26.0. The summed E-state index contributed by atoms with van der Waals surface area (Å²) < 4.78 is 7.38. The predicted molar refractivity (Wildman–Crippen MR) is 148 cm³/mol. The fourth-order valence-corrected chi connectivity index (χ4v) is 6.08. The number of pyridine rings is 1. The van der Waals surface area contributed by atoms with Crippen molar-refractivity contribution in [2.45, 2.75) is 46.7 Å². The molecule has 7 nitrogen and oxygen atoms in total. The van der Waals surface area contributed by atoms with Crippen LogP contribution in [0.1, 0.15) is 48.9 Å². The summed E-state index contributed by atoms with van der Waals surface area (Å²) in [4.78, 5) is 31.0. The van der Waals surface area contributed by atoms with Crippen molar-refractivity contribution in [2.24, 2.45) is 5.92 Å². The topological polar surface area (TPSA) is 78.6 Å². The highest BCUT2D eigenvalue weighted by Gasteiger charge is 2.33. The molecule has 0 aliphatic carbocycles. The lowest BCUT2D eigenvalue weighted by atomic mass is 9.98. The standard InChI is InChI=1S/C27H30N4O3S2/c1-5-30-24(29-12-6-7-17(2)15-29)21(18(3)22(14-28)25(30)32)13-23-26(33)31(27(35)36-23)16-19-8-10-20(34-4)11-9-19/h8-11,13,17H,5-7,12,15-16H2,1-4H3. The van der Waals surface area contributed by atoms with Crippen molar-refractivity contribution < 1.29 is 9.53 Å². The molecular weight excluding hydrogens is 492 g/mol. The van der Waals surface area contributed by atoms with Crippen molar-refractivity contribution in [2.75, 3.05) is 25.1 Å². The highest BCUT2D eigenvalue weighted by molar-refractivity contribution is 8.26. The van der Waals surface area contributed by atoms with Gasteiger partial charge in [0, 0.05) is 25.2 Å². The lowest BCUT2D eigenvalue weighted by Crippen LogP contribution is -2.40. The Morgan fingerprint density at radius 1 is 1.28 bits per heavy atom. The molecule has 0 N–H and O–H groups in total. The van der Waals surface area contributed by atoms with Gasteiger partial charge in [0.25, 0.3) is 11.5 Å². The highest BCUT2D eigenvalue weighted by atomic mass is 32.2. The SMILES string of the molecule is CCn1c(N2CCCC(C)C2)c(C=C2SC(=S)N(Cc3ccc(OC)cc3)C2=O)c(C)c(C#N)c1=O. The van der Waals surface area contributed by atoms with Gasteiger partial charge in [-0.1, -0.05) is 43.0 Å². The van der Waals surface area contributed by atoms with Gasteiger partial charge in [-0.25, -0.2) is 0 Å². The molecule has 2 saturated heterocycles. The van der Waals surface area contributed by atoms with Crippen molar-refractivity contribution in [3.63, 3.8) is 0 Å². The summed E-state index contributed by atoms with van der Waals surface area (Å²) in [5, 5.41) is 9.78. The second kappa shape index (κ2) is 10.9. The van der Waals surface area contributed by atoms with E-state index >= 15 is 0 Å². The fraction of sp³-hybridized carbons (Fsp3) is 0.407. The van der Waals surface area contributed by atoms with Crippen molar-refractivity contribution in [3.8, 4) is 11.8 Å². The number of anilines is 1. The van der Waals surface area contributed by atoms with Crippen LogP contribution in [0.4, 0.5) is 5.82 Å². The number of carbonyl (C=O) groups is 1. The first-order valence-electron chi connectivity index (χ1n) is 12.1. The minimum atomic E-state index is -0.282. The Bertz CT molecular complexity index is 1320. The summed E-state index contributed by atoms with van der Waals surface area (Å²) in [6.07, 6.45) is 3.99. The first-order valence-corrected chi connectivity index (χ1v) is 13.3. The second-order valence-electron chi connectivity index (χ2n) is 9.21. The molecule has 1 atom stereocenters. The summed E-state index contributed by atoms with van der Waals surface area (Å²) >= 11 is 6.82. The van der Waals surface area contributed by atoms with E-state index in [1.165, 1.54) is 11.8 Å². The lowest BCUT2D eigenvalue weighted by Gasteiger charge is -2.35. The van der Waals surface area contributed by atoms with Crippen LogP contribution in [-0.2, 0) is 17.9 Å². The number of rotatable bonds is 6. The highest BCUT2D eigenvalue weighted by Crippen LogP contribution is 2.37. The molecule has 1 amide bonds. The van der Waals surface area contributed by atoms with Crippen LogP contribution in [0.2, 0.25) is 0 Å². The normalized spacial score (nSPS) is 19.2. The van der Waals surface area contributed by atoms with Crippen LogP contribution in [-0.4, -0.2) is 39.9 Å². The number of piperidine rings is 1. The third kappa shape index (κ3) is 4.93. The number of hydrogen-bond donors (Lipinski definition) is 0. The van der Waals surface area contributed by atoms with E-state index < -0.39 is 0 Å². The Kier molecular flexibility index (Phi) is 7.86. The number of carbonyl (C=O) groups excluding carboxylic acids is 1. The molecular formula is C27H30N4O3S2. The minimum absolute atomic E-state index is 0.116. The Hall–Kier alpha value is -3.09. The van der Waals surface area contributed by atoms with Crippen LogP contribution in [0, 0.1) is 24.2 Å². The third-order valence-corrected chi connectivity index (χ3v) is 8.15. The molecule has 9 heteroatoms. The number of nitriles is 1. The number of hydrogen-bond acceptors (Lipinski definition) is 7. The summed E-state index contributed by atoms with van der Waals surface area (Å²) in [6, 6.07) is 9.64. The van der Waals surface area contributed by atoms with Crippen molar-refractivity contribution in [3.05, 3.63) is 61.8 Å². The molecule has 0 saturated carbocycles. The van der Waals surface area contributed by atoms with Crippen molar-refractivity contribution >= 4 is 46.1 Å². The maximum atomic E-state index is 13.5. The molecule has 2 aliphatic rings. The van der Waals surface area contributed by atoms with E-state index in [0.717, 1.165) is 48.6 Å². The molecule has 188 valence electrons. The lowest BCUT2D eigenvalue weighted by molar-refractivity contribution is -0.122. The zero-order valence-electron chi connectivity index (χ0n) is 21.0. The largest absolute Gasteiger partial charge is 0.497 e. The van der Waals surface area contributed by atoms with Gasteiger partial charge in [-0.3, -0.25) is 19.1 Å². The molecule has 36 heavy (non-hydrogen) atoms. The van der Waals surface area contributed by atoms with Gasteiger partial charge in [0.1, 0.15) is 27.5 Å². The maximum Gasteiger partial charge on any atom is 0.270 e. The number of aromatic nitrogens is 1. The molecule has 1 unspecified atom stereocenters. The van der Waals surface area contributed by atoms with Gasteiger partial charge in [-0.05, 0) is 61.9 Å². The smallest absolute Gasteiger partial charge is 0.270 e. The summed E-state index contributed by atoms with van der Waals surface area (Å²) in [6.45, 7) is 8.36. The van der Waals surface area contributed by atoms with Crippen LogP contribution < -0.4 is 15.2 Å². The van der Waals surface area contributed by atoms with E-state index in [9.17, 15) is 14.9 Å². The van der Waals surface area contributed by atoms with Gasteiger partial charge < -0.3 is 9.64 Å². The number of benzene rings is 1. The molecule has 4 rings (SSSR count). The molecule has 2 aliphatic heterocycles. The van der Waals surface area contributed by atoms with Crippen LogP contribution in [0.5, 0.6) is 5.75 Å². The van der Waals surface area contributed by atoms with Gasteiger partial charge in [0.15, 0.2) is 0 Å². The average molecular weight is 523 g/mol. The van der Waals surface area contributed by atoms with Crippen molar-refractivity contribution in [1.82, 2.24) is 9.47 Å². The van der Waals surface area contributed by atoms with Crippen LogP contribution in [0.15, 0.2) is 34.0 Å². The minimum Gasteiger partial charge on any atom is -0.497 e. The molecule has 0 bridgehead atoms. The molecule has 3 heterocycles. The van der Waals surface area contributed by atoms with Crippen LogP contribution in [0.3, 0.4) is 0 Å². The molecule has 2 aromatic rings. The second-order valence-corrected chi connectivity index (χ2v) is 10.9. The number of methoxy groups -OCH3 is 1. The Morgan fingerprint density at radius 3 is 2.61 bits per heavy atom. The first-order chi connectivity index (χ1) is 17.3. The molecule has 0 radical (unpaired) electrons. The maximum absolute atomic E-state index is 13.5. The summed E-state index contributed by atoms with van der Waals surface area (Å²) in [5.41, 5.74) is 2.12. The van der Waals surface area contributed by atoms with E-state index in [0.29, 0.717) is 33.8 Å². The summed E-state index contributed by atoms with van der Waals surface area (Å²) in [5.74, 6) is 1.85. The number of thiocarbonyl (C=S) groups is 1. The fourth-order valence-electron chi connectivity index (χ4n) is 4.84. The number of thioether (sulfide) groups is 1. The Labute approximate surface area is 221 Å². The van der Waals surface area contributed by atoms with Crippen LogP contribution in [0.25, 0.3) is 6.08 Å². The molecule has 1 aromatic carbocycles. The van der Waals surface area contributed by atoms with E-state index in [1.54, 1.807) is 23.5 Å². The van der Waals surface area contributed by atoms with E-state index in [-0.39, 0.29) is 17.0 Å². The molecule has 1 aromatic heterocycles. The van der Waals surface area contributed by atoms with Gasteiger partial charge in [-0.15, -0.1) is 0 Å². The average Bonchev–Trinajstić information content (AvgIpc) is 3.13. The zero-order valence-corrected chi connectivity index (χ0v) is 22.7. The number of amides is 1. The van der Waals surface area contributed by atoms with E-state index in [2.05, 4.69) is 17.9 Å². The number of ether oxygens (including phenoxy) is 1. The van der Waals surface area contributed by atoms with Gasteiger partial charge >= 0.3 is 0 Å². The predicted octanol–water partition coefficient (Wildman–Crippen LogP) is 4.69.